The number of nitrogens with two attached hydrogens (primary N) is 2. The van der Waals surface area contributed by atoms with E-state index in [4.69, 9.17) is 21.7 Å². The third-order valence-electron chi connectivity index (χ3n) is 7.48. The van der Waals surface area contributed by atoms with Crippen molar-refractivity contribution in [1.82, 2.24) is 26.2 Å². The lowest BCUT2D eigenvalue weighted by Crippen LogP contribution is -2.58. The summed E-state index contributed by atoms with van der Waals surface area (Å²) in [5.74, 6) is -5.86. The van der Waals surface area contributed by atoms with Gasteiger partial charge in [-0.25, -0.2) is 0 Å². The molecule has 0 aliphatic carbocycles. The van der Waals surface area contributed by atoms with Crippen LogP contribution in [0.5, 0.6) is 0 Å². The normalized spacial score (nSPS) is 16.8. The van der Waals surface area contributed by atoms with Crippen LogP contribution in [0.1, 0.15) is 57.4 Å². The summed E-state index contributed by atoms with van der Waals surface area (Å²) in [4.78, 5) is 88.5. The number of hydrogen-bond donors (Lipinski definition) is 8. The van der Waals surface area contributed by atoms with Crippen LogP contribution in [0.25, 0.3) is 0 Å². The van der Waals surface area contributed by atoms with Crippen LogP contribution in [0.15, 0.2) is 30.3 Å². The van der Waals surface area contributed by atoms with Crippen molar-refractivity contribution in [3.8, 4) is 0 Å². The fourth-order valence-corrected chi connectivity index (χ4v) is 5.00. The summed E-state index contributed by atoms with van der Waals surface area (Å²) in [5.41, 5.74) is 12.3. The van der Waals surface area contributed by atoms with Crippen LogP contribution in [-0.2, 0) is 40.0 Å². The minimum Gasteiger partial charge on any atom is -0.481 e. The van der Waals surface area contributed by atoms with E-state index >= 15 is 0 Å². The van der Waals surface area contributed by atoms with E-state index < -0.39 is 84.6 Å². The topological polar surface area (TPSA) is 263 Å². The second kappa shape index (κ2) is 19.1. The van der Waals surface area contributed by atoms with Crippen molar-refractivity contribution in [2.24, 2.45) is 11.5 Å². The van der Waals surface area contributed by atoms with Crippen LogP contribution in [0.3, 0.4) is 0 Å². The van der Waals surface area contributed by atoms with Crippen LogP contribution in [0.4, 0.5) is 0 Å². The number of benzene rings is 1. The highest BCUT2D eigenvalue weighted by atomic mass is 16.4. The van der Waals surface area contributed by atoms with Gasteiger partial charge in [-0.05, 0) is 51.1 Å². The number of nitrogens with zero attached hydrogens (tertiary/aromatic N) is 1. The van der Waals surface area contributed by atoms with Crippen molar-refractivity contribution < 1.29 is 43.8 Å². The molecule has 5 amide bonds. The van der Waals surface area contributed by atoms with Gasteiger partial charge in [-0.3, -0.25) is 33.6 Å². The summed E-state index contributed by atoms with van der Waals surface area (Å²) in [6.07, 6.45) is 1.78. The second-order valence-corrected chi connectivity index (χ2v) is 11.2. The van der Waals surface area contributed by atoms with Gasteiger partial charge in [0.25, 0.3) is 0 Å². The standard InChI is InChI=1S/C30H45N7O9/c1-18(34-28(44)22(16-19-8-3-2-4-9-19)36-26(42)20(32)10-5-6-14-31)30(46)37-15-7-11-23(37)29(45)35-21(12-13-24(38)39)27(43)33-17-25(40)41/h2-4,8-9,18,20-23H,5-7,10-17,31-32H2,1H3,(H,33,43)(H,34,44)(H,35,45)(H,36,42)(H,38,39)(H,40,41)/t18-,20+,21+,22+,23+/m1/s1. The van der Waals surface area contributed by atoms with Gasteiger partial charge in [-0.2, -0.15) is 0 Å². The molecule has 0 spiro atoms. The van der Waals surface area contributed by atoms with Gasteiger partial charge in [-0.1, -0.05) is 36.8 Å². The van der Waals surface area contributed by atoms with Crippen LogP contribution >= 0.6 is 0 Å². The Bertz CT molecular complexity index is 1230. The van der Waals surface area contributed by atoms with Crippen molar-refractivity contribution >= 4 is 41.5 Å². The van der Waals surface area contributed by atoms with E-state index in [0.717, 1.165) is 5.56 Å². The maximum Gasteiger partial charge on any atom is 0.322 e. The molecule has 0 aromatic heterocycles. The highest BCUT2D eigenvalue weighted by Gasteiger charge is 2.38. The Labute approximate surface area is 267 Å². The van der Waals surface area contributed by atoms with Crippen molar-refractivity contribution in [2.75, 3.05) is 19.6 Å². The zero-order valence-corrected chi connectivity index (χ0v) is 25.9. The summed E-state index contributed by atoms with van der Waals surface area (Å²) >= 11 is 0. The first-order valence-electron chi connectivity index (χ1n) is 15.3. The quantitative estimate of drug-likeness (QED) is 0.0778. The fourth-order valence-electron chi connectivity index (χ4n) is 5.00. The number of nitrogens with one attached hydrogen (secondary N) is 4. The fraction of sp³-hybridized carbons (Fsp3) is 0.567. The summed E-state index contributed by atoms with van der Waals surface area (Å²) in [6, 6.07) is 3.60. The highest BCUT2D eigenvalue weighted by Crippen LogP contribution is 2.19. The SMILES string of the molecule is C[C@@H](NC(=O)[C@H](Cc1ccccc1)NC(=O)[C@@H](N)CCCCN)C(=O)N1CCC[C@H]1C(=O)N[C@@H](CCC(=O)O)C(=O)NCC(=O)O. The molecular weight excluding hydrogens is 602 g/mol. The van der Waals surface area contributed by atoms with Crippen molar-refractivity contribution in [3.05, 3.63) is 35.9 Å². The summed E-state index contributed by atoms with van der Waals surface area (Å²) in [7, 11) is 0. The molecule has 5 atom stereocenters. The maximum atomic E-state index is 13.5. The zero-order valence-electron chi connectivity index (χ0n) is 25.9. The average molecular weight is 648 g/mol. The van der Waals surface area contributed by atoms with Gasteiger partial charge in [0.2, 0.25) is 29.5 Å². The predicted octanol–water partition coefficient (Wildman–Crippen LogP) is -1.78. The molecule has 1 aliphatic heterocycles. The van der Waals surface area contributed by atoms with Crippen LogP contribution in [-0.4, -0.2) is 106 Å². The third-order valence-corrected chi connectivity index (χ3v) is 7.48. The lowest BCUT2D eigenvalue weighted by Gasteiger charge is -2.29. The number of amides is 5. The first kappa shape index (κ1) is 37.6. The Kier molecular flexibility index (Phi) is 15.6. The van der Waals surface area contributed by atoms with Crippen LogP contribution in [0.2, 0.25) is 0 Å². The Balaban J connectivity index is 2.11. The number of rotatable bonds is 19. The largest absolute Gasteiger partial charge is 0.481 e. The molecule has 1 aromatic carbocycles. The Morgan fingerprint density at radius 2 is 1.59 bits per heavy atom. The predicted molar refractivity (Wildman–Crippen MR) is 165 cm³/mol. The lowest BCUT2D eigenvalue weighted by atomic mass is 10.0. The van der Waals surface area contributed by atoms with E-state index in [0.29, 0.717) is 32.2 Å². The molecule has 1 heterocycles. The summed E-state index contributed by atoms with van der Waals surface area (Å²) < 4.78 is 0. The van der Waals surface area contributed by atoms with Crippen LogP contribution in [0, 0.1) is 0 Å². The number of carboxylic acid groups (broad SMARTS) is 2. The Hall–Kier alpha value is -4.57. The number of aliphatic carboxylic acids is 2. The molecule has 1 saturated heterocycles. The first-order valence-corrected chi connectivity index (χ1v) is 15.3. The number of unbranched alkanes of at least 4 members (excludes halogenated alkanes) is 1. The molecule has 16 heteroatoms. The smallest absolute Gasteiger partial charge is 0.322 e. The lowest BCUT2D eigenvalue weighted by molar-refractivity contribution is -0.142. The van der Waals surface area contributed by atoms with E-state index in [1.165, 1.54) is 11.8 Å². The average Bonchev–Trinajstić information content (AvgIpc) is 3.51. The molecule has 1 fully saturated rings. The summed E-state index contributed by atoms with van der Waals surface area (Å²) in [5, 5.41) is 27.8. The van der Waals surface area contributed by atoms with Crippen molar-refractivity contribution in [2.45, 2.75) is 88.5 Å². The molecule has 0 bridgehead atoms. The molecule has 46 heavy (non-hydrogen) atoms. The number of carbonyl (C=O) groups is 7. The number of likely N-dealkylation sites (tertiary alicyclic amines) is 1. The van der Waals surface area contributed by atoms with Gasteiger partial charge in [0, 0.05) is 19.4 Å². The monoisotopic (exact) mass is 647 g/mol. The minimum atomic E-state index is -1.35. The molecule has 0 radical (unpaired) electrons. The van der Waals surface area contributed by atoms with E-state index in [1.54, 1.807) is 24.3 Å². The zero-order chi connectivity index (χ0) is 34.2. The second-order valence-electron chi connectivity index (χ2n) is 11.2. The van der Waals surface area contributed by atoms with Gasteiger partial charge < -0.3 is 47.8 Å². The van der Waals surface area contributed by atoms with Crippen molar-refractivity contribution in [3.63, 3.8) is 0 Å². The van der Waals surface area contributed by atoms with Gasteiger partial charge in [-0.15, -0.1) is 0 Å². The molecule has 0 saturated carbocycles. The van der Waals surface area contributed by atoms with E-state index in [-0.39, 0.29) is 25.8 Å². The molecule has 2 rings (SSSR count). The van der Waals surface area contributed by atoms with Crippen LogP contribution < -0.4 is 32.7 Å². The van der Waals surface area contributed by atoms with E-state index in [1.807, 2.05) is 6.07 Å². The van der Waals surface area contributed by atoms with E-state index in [2.05, 4.69) is 21.3 Å². The van der Waals surface area contributed by atoms with Gasteiger partial charge in [0.1, 0.15) is 30.7 Å². The van der Waals surface area contributed by atoms with E-state index in [9.17, 15) is 33.6 Å². The van der Waals surface area contributed by atoms with Crippen molar-refractivity contribution in [1.29, 1.82) is 0 Å². The maximum absolute atomic E-state index is 13.5. The van der Waals surface area contributed by atoms with Gasteiger partial charge in [0.15, 0.2) is 0 Å². The first-order chi connectivity index (χ1) is 21.8. The molecule has 0 unspecified atom stereocenters. The molecule has 10 N–H and O–H groups in total. The number of carbonyl (C=O) groups excluding carboxylic acids is 5. The number of hydrogen-bond acceptors (Lipinski definition) is 9. The Morgan fingerprint density at radius 3 is 2.22 bits per heavy atom. The van der Waals surface area contributed by atoms with Gasteiger partial charge >= 0.3 is 11.9 Å². The minimum absolute atomic E-state index is 0.130. The highest BCUT2D eigenvalue weighted by molar-refractivity contribution is 5.96. The molecule has 1 aromatic rings. The molecule has 254 valence electrons. The van der Waals surface area contributed by atoms with Gasteiger partial charge in [0.05, 0.1) is 6.04 Å². The third kappa shape index (κ3) is 12.4. The Morgan fingerprint density at radius 1 is 0.891 bits per heavy atom. The number of carboxylic acids is 2. The molecule has 1 aliphatic rings. The summed E-state index contributed by atoms with van der Waals surface area (Å²) in [6.45, 7) is 1.37. The molecule has 16 nitrogen and oxygen atoms in total. The molecular formula is C30H45N7O9.